The summed E-state index contributed by atoms with van der Waals surface area (Å²) in [6, 6.07) is 8.73. The van der Waals surface area contributed by atoms with Gasteiger partial charge in [-0.3, -0.25) is 14.7 Å². The van der Waals surface area contributed by atoms with E-state index in [0.717, 1.165) is 43.0 Å². The number of aryl methyl sites for hydroxylation is 1. The van der Waals surface area contributed by atoms with Gasteiger partial charge < -0.3 is 10.2 Å². The second-order valence-electron chi connectivity index (χ2n) is 7.62. The van der Waals surface area contributed by atoms with Crippen LogP contribution in [0, 0.1) is 12.7 Å². The lowest BCUT2D eigenvalue weighted by atomic mass is 10.1. The number of rotatable bonds is 2. The Kier molecular flexibility index (Phi) is 6.62. The molecule has 0 atom stereocenters. The second kappa shape index (κ2) is 9.15. The molecule has 1 aromatic carbocycles. The Labute approximate surface area is 166 Å². The molecule has 1 amide bonds. The Morgan fingerprint density at radius 2 is 2.00 bits per heavy atom. The number of nitrogens with one attached hydrogen (secondary N) is 1. The molecule has 0 radical (unpaired) electrons. The van der Waals surface area contributed by atoms with Gasteiger partial charge >= 0.3 is 0 Å². The average molecular weight is 384 g/mol. The standard InChI is InChI=1S/C22H29FN4O/c1-16(2)26-10-4-8-25-21-14-20(23)6-5-19(21)15-27(12-11-26)22(28)18-7-9-24-17(3)13-18/h5-7,9,13-14,16,25H,4,8,10-12,15H2,1-3H3. The molecular formula is C22H29FN4O. The molecule has 0 fully saturated rings. The Hall–Kier alpha value is -2.47. The van der Waals surface area contributed by atoms with Gasteiger partial charge in [0, 0.05) is 61.9 Å². The number of nitrogens with zero attached hydrogens (tertiary/aromatic N) is 3. The van der Waals surface area contributed by atoms with Crippen molar-refractivity contribution in [2.75, 3.05) is 31.5 Å². The van der Waals surface area contributed by atoms with Gasteiger partial charge in [0.05, 0.1) is 0 Å². The Balaban J connectivity index is 1.92. The Bertz CT molecular complexity index is 824. The van der Waals surface area contributed by atoms with Crippen LogP contribution in [-0.2, 0) is 6.54 Å². The van der Waals surface area contributed by atoms with Gasteiger partial charge in [-0.2, -0.15) is 0 Å². The number of halogens is 1. The summed E-state index contributed by atoms with van der Waals surface area (Å²) in [6.07, 6.45) is 2.63. The molecular weight excluding hydrogens is 355 g/mol. The summed E-state index contributed by atoms with van der Waals surface area (Å²) in [7, 11) is 0. The molecule has 1 aliphatic heterocycles. The largest absolute Gasteiger partial charge is 0.385 e. The molecule has 2 heterocycles. The van der Waals surface area contributed by atoms with E-state index >= 15 is 0 Å². The predicted molar refractivity (Wildman–Crippen MR) is 110 cm³/mol. The smallest absolute Gasteiger partial charge is 0.254 e. The number of benzene rings is 1. The number of carbonyl (C=O) groups excluding carboxylic acids is 1. The van der Waals surface area contributed by atoms with E-state index in [1.165, 1.54) is 12.1 Å². The van der Waals surface area contributed by atoms with Crippen LogP contribution in [0.15, 0.2) is 36.5 Å². The van der Waals surface area contributed by atoms with Crippen LogP contribution in [0.4, 0.5) is 10.1 Å². The second-order valence-corrected chi connectivity index (χ2v) is 7.62. The number of fused-ring (bicyclic) bond motifs is 1. The quantitative estimate of drug-likeness (QED) is 0.858. The molecule has 0 unspecified atom stereocenters. The van der Waals surface area contributed by atoms with Crippen molar-refractivity contribution >= 4 is 11.6 Å². The molecule has 0 saturated heterocycles. The summed E-state index contributed by atoms with van der Waals surface area (Å²) in [6.45, 7) is 9.81. The van der Waals surface area contributed by atoms with E-state index in [-0.39, 0.29) is 11.7 Å². The highest BCUT2D eigenvalue weighted by Gasteiger charge is 2.21. The molecule has 0 aliphatic carbocycles. The number of carbonyl (C=O) groups is 1. The number of amides is 1. The van der Waals surface area contributed by atoms with E-state index in [2.05, 4.69) is 29.0 Å². The van der Waals surface area contributed by atoms with Crippen molar-refractivity contribution in [1.82, 2.24) is 14.8 Å². The van der Waals surface area contributed by atoms with E-state index in [1.807, 2.05) is 17.9 Å². The third kappa shape index (κ3) is 5.07. The third-order valence-electron chi connectivity index (χ3n) is 5.19. The molecule has 0 bridgehead atoms. The predicted octanol–water partition coefficient (Wildman–Crippen LogP) is 3.70. The molecule has 2 aromatic rings. The van der Waals surface area contributed by atoms with E-state index in [9.17, 15) is 9.18 Å². The molecule has 1 aliphatic rings. The monoisotopic (exact) mass is 384 g/mol. The fraction of sp³-hybridized carbons (Fsp3) is 0.455. The summed E-state index contributed by atoms with van der Waals surface area (Å²) in [5, 5.41) is 3.35. The normalized spacial score (nSPS) is 16.2. The topological polar surface area (TPSA) is 48.5 Å². The van der Waals surface area contributed by atoms with Crippen LogP contribution in [0.2, 0.25) is 0 Å². The number of hydrogen-bond donors (Lipinski definition) is 1. The van der Waals surface area contributed by atoms with Crippen molar-refractivity contribution < 1.29 is 9.18 Å². The van der Waals surface area contributed by atoms with Crippen LogP contribution in [-0.4, -0.2) is 52.9 Å². The molecule has 0 saturated carbocycles. The molecule has 6 heteroatoms. The van der Waals surface area contributed by atoms with Crippen molar-refractivity contribution in [2.24, 2.45) is 0 Å². The van der Waals surface area contributed by atoms with Crippen LogP contribution >= 0.6 is 0 Å². The maximum absolute atomic E-state index is 13.8. The lowest BCUT2D eigenvalue weighted by Gasteiger charge is -2.30. The Morgan fingerprint density at radius 1 is 1.18 bits per heavy atom. The first-order chi connectivity index (χ1) is 13.4. The fourth-order valence-corrected chi connectivity index (χ4v) is 3.55. The first-order valence-corrected chi connectivity index (χ1v) is 9.92. The van der Waals surface area contributed by atoms with Gasteiger partial charge in [0.15, 0.2) is 0 Å². The minimum absolute atomic E-state index is 0.0243. The summed E-state index contributed by atoms with van der Waals surface area (Å²) in [5.41, 5.74) is 3.15. The highest BCUT2D eigenvalue weighted by molar-refractivity contribution is 5.94. The van der Waals surface area contributed by atoms with Crippen molar-refractivity contribution in [3.05, 3.63) is 59.2 Å². The highest BCUT2D eigenvalue weighted by atomic mass is 19.1. The molecule has 1 aromatic heterocycles. The van der Waals surface area contributed by atoms with Gasteiger partial charge in [-0.1, -0.05) is 6.07 Å². The molecule has 1 N–H and O–H groups in total. The number of hydrogen-bond acceptors (Lipinski definition) is 4. The average Bonchev–Trinajstić information content (AvgIpc) is 2.70. The van der Waals surface area contributed by atoms with Gasteiger partial charge in [-0.05, 0) is 57.0 Å². The minimum Gasteiger partial charge on any atom is -0.385 e. The van der Waals surface area contributed by atoms with Gasteiger partial charge in [-0.25, -0.2) is 4.39 Å². The van der Waals surface area contributed by atoms with E-state index in [0.29, 0.717) is 24.7 Å². The highest BCUT2D eigenvalue weighted by Crippen LogP contribution is 2.21. The number of pyridine rings is 1. The van der Waals surface area contributed by atoms with Crippen LogP contribution in [0.5, 0.6) is 0 Å². The maximum Gasteiger partial charge on any atom is 0.254 e. The van der Waals surface area contributed by atoms with Crippen LogP contribution < -0.4 is 5.32 Å². The summed E-state index contributed by atoms with van der Waals surface area (Å²) < 4.78 is 13.8. The van der Waals surface area contributed by atoms with Crippen molar-refractivity contribution in [3.8, 4) is 0 Å². The molecule has 0 spiro atoms. The van der Waals surface area contributed by atoms with Crippen LogP contribution in [0.3, 0.4) is 0 Å². The van der Waals surface area contributed by atoms with Gasteiger partial charge in [0.2, 0.25) is 0 Å². The van der Waals surface area contributed by atoms with Gasteiger partial charge in [-0.15, -0.1) is 0 Å². The SMILES string of the molecule is Cc1cc(C(=O)N2CCN(C(C)C)CCCNc3cc(F)ccc3C2)ccn1. The fourth-order valence-electron chi connectivity index (χ4n) is 3.55. The molecule has 150 valence electrons. The zero-order valence-corrected chi connectivity index (χ0v) is 16.9. The van der Waals surface area contributed by atoms with Crippen molar-refractivity contribution in [3.63, 3.8) is 0 Å². The lowest BCUT2D eigenvalue weighted by molar-refractivity contribution is 0.0712. The summed E-state index contributed by atoms with van der Waals surface area (Å²) in [4.78, 5) is 21.7. The van der Waals surface area contributed by atoms with E-state index in [1.54, 1.807) is 18.3 Å². The third-order valence-corrected chi connectivity index (χ3v) is 5.19. The van der Waals surface area contributed by atoms with E-state index < -0.39 is 0 Å². The number of anilines is 1. The molecule has 5 nitrogen and oxygen atoms in total. The Morgan fingerprint density at radius 3 is 2.75 bits per heavy atom. The van der Waals surface area contributed by atoms with Crippen molar-refractivity contribution in [2.45, 2.75) is 39.8 Å². The van der Waals surface area contributed by atoms with Gasteiger partial charge in [0.1, 0.15) is 5.82 Å². The zero-order valence-electron chi connectivity index (χ0n) is 16.9. The van der Waals surface area contributed by atoms with Crippen molar-refractivity contribution in [1.29, 1.82) is 0 Å². The van der Waals surface area contributed by atoms with E-state index in [4.69, 9.17) is 0 Å². The number of aromatic nitrogens is 1. The van der Waals surface area contributed by atoms with Gasteiger partial charge in [0.25, 0.3) is 5.91 Å². The molecule has 3 rings (SSSR count). The lowest BCUT2D eigenvalue weighted by Crippen LogP contribution is -2.41. The summed E-state index contributed by atoms with van der Waals surface area (Å²) in [5.74, 6) is -0.295. The maximum atomic E-state index is 13.8. The molecule has 28 heavy (non-hydrogen) atoms. The minimum atomic E-state index is -0.271. The zero-order chi connectivity index (χ0) is 20.1. The van der Waals surface area contributed by atoms with Crippen LogP contribution in [0.1, 0.15) is 41.9 Å². The first-order valence-electron chi connectivity index (χ1n) is 9.92. The first kappa shape index (κ1) is 20.3. The summed E-state index contributed by atoms with van der Waals surface area (Å²) >= 11 is 0. The van der Waals surface area contributed by atoms with Crippen LogP contribution in [0.25, 0.3) is 0 Å².